The second-order valence-corrected chi connectivity index (χ2v) is 4.29. The van der Waals surface area contributed by atoms with E-state index in [2.05, 4.69) is 10.1 Å². The van der Waals surface area contributed by atoms with E-state index < -0.39 is 6.36 Å². The molecule has 17 heavy (non-hydrogen) atoms. The number of ether oxygens (including phenoxy) is 1. The van der Waals surface area contributed by atoms with Gasteiger partial charge in [0.25, 0.3) is 0 Å². The molecule has 1 aliphatic carbocycles. The second-order valence-electron chi connectivity index (χ2n) is 4.29. The predicted molar refractivity (Wildman–Crippen MR) is 57.7 cm³/mol. The van der Waals surface area contributed by atoms with Crippen molar-refractivity contribution in [2.45, 2.75) is 38.7 Å². The highest BCUT2D eigenvalue weighted by molar-refractivity contribution is 5.34. The standard InChI is InChI=1S/C12H14F3NO/c1-8-6-11(17-12(13,14)15)5-2-9(8)7-16-10-3-4-10/h2,5-6,10,16H,3-4,7H2,1H3. The van der Waals surface area contributed by atoms with Crippen molar-refractivity contribution in [1.29, 1.82) is 0 Å². The van der Waals surface area contributed by atoms with Crippen LogP contribution >= 0.6 is 0 Å². The molecule has 0 spiro atoms. The van der Waals surface area contributed by atoms with Crippen molar-refractivity contribution in [3.63, 3.8) is 0 Å². The van der Waals surface area contributed by atoms with Gasteiger partial charge in [0.05, 0.1) is 0 Å². The van der Waals surface area contributed by atoms with E-state index >= 15 is 0 Å². The van der Waals surface area contributed by atoms with Gasteiger partial charge in [-0.25, -0.2) is 0 Å². The molecule has 1 aromatic rings. The fraction of sp³-hybridized carbons (Fsp3) is 0.500. The first-order valence-corrected chi connectivity index (χ1v) is 5.53. The number of rotatable bonds is 4. The van der Waals surface area contributed by atoms with Gasteiger partial charge in [-0.1, -0.05) is 6.07 Å². The molecule has 0 saturated heterocycles. The minimum absolute atomic E-state index is 0.162. The van der Waals surface area contributed by atoms with Gasteiger partial charge in [0.15, 0.2) is 0 Å². The summed E-state index contributed by atoms with van der Waals surface area (Å²) in [6.45, 7) is 2.48. The Morgan fingerprint density at radius 1 is 1.35 bits per heavy atom. The summed E-state index contributed by atoms with van der Waals surface area (Å²) >= 11 is 0. The average Bonchev–Trinajstić information content (AvgIpc) is 2.97. The molecule has 2 rings (SSSR count). The van der Waals surface area contributed by atoms with E-state index in [-0.39, 0.29) is 5.75 Å². The Labute approximate surface area is 97.8 Å². The second kappa shape index (κ2) is 4.56. The van der Waals surface area contributed by atoms with Crippen LogP contribution in [0.4, 0.5) is 13.2 Å². The van der Waals surface area contributed by atoms with Crippen LogP contribution in [0.25, 0.3) is 0 Å². The summed E-state index contributed by atoms with van der Waals surface area (Å²) < 4.78 is 39.9. The number of nitrogens with one attached hydrogen (secondary N) is 1. The molecule has 0 amide bonds. The maximum absolute atomic E-state index is 12.0. The van der Waals surface area contributed by atoms with Gasteiger partial charge >= 0.3 is 6.36 Å². The van der Waals surface area contributed by atoms with Crippen LogP contribution in [0, 0.1) is 6.92 Å². The highest BCUT2D eigenvalue weighted by Gasteiger charge is 2.31. The highest BCUT2D eigenvalue weighted by atomic mass is 19.4. The van der Waals surface area contributed by atoms with Crippen LogP contribution in [0.2, 0.25) is 0 Å². The van der Waals surface area contributed by atoms with Gasteiger partial charge in [0.2, 0.25) is 0 Å². The molecule has 0 atom stereocenters. The molecule has 0 radical (unpaired) electrons. The highest BCUT2D eigenvalue weighted by Crippen LogP contribution is 2.25. The SMILES string of the molecule is Cc1cc(OC(F)(F)F)ccc1CNC1CC1. The Morgan fingerprint density at radius 3 is 2.59 bits per heavy atom. The average molecular weight is 245 g/mol. The zero-order valence-corrected chi connectivity index (χ0v) is 9.47. The van der Waals surface area contributed by atoms with E-state index in [4.69, 9.17) is 0 Å². The summed E-state index contributed by atoms with van der Waals surface area (Å²) in [5, 5.41) is 3.32. The number of halogens is 3. The molecular weight excluding hydrogens is 231 g/mol. The molecule has 0 aliphatic heterocycles. The van der Waals surface area contributed by atoms with Crippen molar-refractivity contribution < 1.29 is 17.9 Å². The third-order valence-electron chi connectivity index (χ3n) is 2.71. The van der Waals surface area contributed by atoms with Gasteiger partial charge in [-0.2, -0.15) is 0 Å². The normalized spacial score (nSPS) is 16.0. The summed E-state index contributed by atoms with van der Waals surface area (Å²) in [6, 6.07) is 5.02. The van der Waals surface area contributed by atoms with Crippen LogP contribution in [0.1, 0.15) is 24.0 Å². The van der Waals surface area contributed by atoms with Crippen LogP contribution in [0.15, 0.2) is 18.2 Å². The Bertz CT molecular complexity index is 399. The summed E-state index contributed by atoms with van der Waals surface area (Å²) in [4.78, 5) is 0. The van der Waals surface area contributed by atoms with Crippen molar-refractivity contribution in [2.75, 3.05) is 0 Å². The molecule has 1 aliphatic rings. The van der Waals surface area contributed by atoms with Crippen LogP contribution in [0.5, 0.6) is 5.75 Å². The lowest BCUT2D eigenvalue weighted by molar-refractivity contribution is -0.274. The molecule has 5 heteroatoms. The first kappa shape index (κ1) is 12.2. The van der Waals surface area contributed by atoms with Crippen LogP contribution in [-0.2, 0) is 6.54 Å². The molecule has 94 valence electrons. The van der Waals surface area contributed by atoms with Gasteiger partial charge < -0.3 is 10.1 Å². The van der Waals surface area contributed by atoms with Crippen molar-refractivity contribution >= 4 is 0 Å². The van der Waals surface area contributed by atoms with Gasteiger partial charge in [0.1, 0.15) is 5.75 Å². The summed E-state index contributed by atoms with van der Waals surface area (Å²) in [5.74, 6) is -0.162. The number of hydrogen-bond acceptors (Lipinski definition) is 2. The van der Waals surface area contributed by atoms with Crippen LogP contribution < -0.4 is 10.1 Å². The summed E-state index contributed by atoms with van der Waals surface area (Å²) in [5.41, 5.74) is 1.81. The Balaban J connectivity index is 1.99. The molecule has 0 heterocycles. The summed E-state index contributed by atoms with van der Waals surface area (Å²) in [7, 11) is 0. The van der Waals surface area contributed by atoms with Gasteiger partial charge in [0, 0.05) is 12.6 Å². The Hall–Kier alpha value is -1.23. The van der Waals surface area contributed by atoms with Crippen molar-refractivity contribution in [3.05, 3.63) is 29.3 Å². The van der Waals surface area contributed by atoms with Crippen molar-refractivity contribution in [3.8, 4) is 5.75 Å². The first-order chi connectivity index (χ1) is 7.94. The van der Waals surface area contributed by atoms with E-state index in [0.29, 0.717) is 12.6 Å². The maximum Gasteiger partial charge on any atom is 0.573 e. The van der Waals surface area contributed by atoms with Crippen molar-refractivity contribution in [2.24, 2.45) is 0 Å². The Kier molecular flexibility index (Phi) is 3.28. The van der Waals surface area contributed by atoms with Gasteiger partial charge in [-0.15, -0.1) is 13.2 Å². The molecular formula is C12H14F3NO. The minimum Gasteiger partial charge on any atom is -0.406 e. The lowest BCUT2D eigenvalue weighted by Gasteiger charge is -2.12. The molecule has 1 N–H and O–H groups in total. The fourth-order valence-electron chi connectivity index (χ4n) is 1.61. The quantitative estimate of drug-likeness (QED) is 0.879. The maximum atomic E-state index is 12.0. The number of alkyl halides is 3. The van der Waals surface area contributed by atoms with Crippen molar-refractivity contribution in [1.82, 2.24) is 5.32 Å². The molecule has 0 unspecified atom stereocenters. The van der Waals surface area contributed by atoms with E-state index in [0.717, 1.165) is 11.1 Å². The topological polar surface area (TPSA) is 21.3 Å². The molecule has 0 bridgehead atoms. The smallest absolute Gasteiger partial charge is 0.406 e. The first-order valence-electron chi connectivity index (χ1n) is 5.53. The third-order valence-corrected chi connectivity index (χ3v) is 2.71. The van der Waals surface area contributed by atoms with E-state index in [1.165, 1.54) is 25.0 Å². The van der Waals surface area contributed by atoms with Crippen LogP contribution in [-0.4, -0.2) is 12.4 Å². The molecule has 1 saturated carbocycles. The number of hydrogen-bond donors (Lipinski definition) is 1. The lowest BCUT2D eigenvalue weighted by Crippen LogP contribution is -2.18. The summed E-state index contributed by atoms with van der Waals surface area (Å²) in [6.07, 6.45) is -2.25. The van der Waals surface area contributed by atoms with Gasteiger partial charge in [-0.3, -0.25) is 0 Å². The number of aryl methyl sites for hydroxylation is 1. The molecule has 1 fully saturated rings. The third kappa shape index (κ3) is 3.93. The largest absolute Gasteiger partial charge is 0.573 e. The monoisotopic (exact) mass is 245 g/mol. The van der Waals surface area contributed by atoms with Crippen LogP contribution in [0.3, 0.4) is 0 Å². The fourth-order valence-corrected chi connectivity index (χ4v) is 1.61. The lowest BCUT2D eigenvalue weighted by atomic mass is 10.1. The van der Waals surface area contributed by atoms with E-state index in [1.807, 2.05) is 0 Å². The Morgan fingerprint density at radius 2 is 2.06 bits per heavy atom. The molecule has 2 nitrogen and oxygen atoms in total. The van der Waals surface area contributed by atoms with E-state index in [1.54, 1.807) is 13.0 Å². The zero-order valence-electron chi connectivity index (χ0n) is 9.47. The zero-order chi connectivity index (χ0) is 12.5. The minimum atomic E-state index is -4.62. The molecule has 0 aromatic heterocycles. The van der Waals surface area contributed by atoms with Gasteiger partial charge in [-0.05, 0) is 43.0 Å². The van der Waals surface area contributed by atoms with E-state index in [9.17, 15) is 13.2 Å². The molecule has 1 aromatic carbocycles. The number of benzene rings is 1. The predicted octanol–water partition coefficient (Wildman–Crippen LogP) is 3.15.